The van der Waals surface area contributed by atoms with Crippen LogP contribution < -0.4 is 5.32 Å². The van der Waals surface area contributed by atoms with E-state index in [1.807, 2.05) is 0 Å². The van der Waals surface area contributed by atoms with Crippen molar-refractivity contribution >= 4 is 0 Å². The molecule has 114 valence electrons. The molecule has 0 bridgehead atoms. The van der Waals surface area contributed by atoms with Gasteiger partial charge < -0.3 is 5.32 Å². The summed E-state index contributed by atoms with van der Waals surface area (Å²) in [5, 5.41) is 8.20. The summed E-state index contributed by atoms with van der Waals surface area (Å²) in [6.07, 6.45) is 3.49. The van der Waals surface area contributed by atoms with Gasteiger partial charge in [-0.1, -0.05) is 43.7 Å². The number of nitrogens with zero attached hydrogens (tertiary/aromatic N) is 2. The van der Waals surface area contributed by atoms with Gasteiger partial charge >= 0.3 is 0 Å². The zero-order chi connectivity index (χ0) is 15.1. The molecule has 2 aromatic rings. The van der Waals surface area contributed by atoms with E-state index >= 15 is 0 Å². The maximum absolute atomic E-state index is 4.51. The summed E-state index contributed by atoms with van der Waals surface area (Å²) >= 11 is 0. The van der Waals surface area contributed by atoms with Crippen molar-refractivity contribution in [2.75, 3.05) is 6.54 Å². The Hall–Kier alpha value is -1.61. The standard InChI is InChI=1S/C18H27N3/c1-4-9-18(17-10-6-5-7-11-17)19-12-8-13-21-16(3)14-15(2)20-21/h5-7,10-11,14,18-19H,4,8-9,12-13H2,1-3H3. The Kier molecular flexibility index (Phi) is 6.00. The van der Waals surface area contributed by atoms with Gasteiger partial charge in [-0.3, -0.25) is 4.68 Å². The molecule has 0 saturated heterocycles. The molecular weight excluding hydrogens is 258 g/mol. The molecule has 0 fully saturated rings. The van der Waals surface area contributed by atoms with Gasteiger partial charge in [0.25, 0.3) is 0 Å². The fourth-order valence-corrected chi connectivity index (χ4v) is 2.77. The highest BCUT2D eigenvalue weighted by Gasteiger charge is 2.09. The van der Waals surface area contributed by atoms with Crippen LogP contribution in [0.3, 0.4) is 0 Å². The van der Waals surface area contributed by atoms with E-state index in [1.54, 1.807) is 0 Å². The average Bonchev–Trinajstić information content (AvgIpc) is 2.81. The molecule has 0 aliphatic carbocycles. The average molecular weight is 285 g/mol. The number of rotatable bonds is 8. The van der Waals surface area contributed by atoms with E-state index < -0.39 is 0 Å². The maximum atomic E-state index is 4.51. The molecule has 1 aromatic carbocycles. The van der Waals surface area contributed by atoms with Crippen LogP contribution >= 0.6 is 0 Å². The number of hydrogen-bond acceptors (Lipinski definition) is 2. The first-order chi connectivity index (χ1) is 10.2. The molecule has 2 rings (SSSR count). The van der Waals surface area contributed by atoms with Crippen LogP contribution in [0.15, 0.2) is 36.4 Å². The van der Waals surface area contributed by atoms with E-state index in [2.05, 4.69) is 72.3 Å². The fraction of sp³-hybridized carbons (Fsp3) is 0.500. The minimum absolute atomic E-state index is 0.469. The van der Waals surface area contributed by atoms with Crippen molar-refractivity contribution in [2.24, 2.45) is 0 Å². The number of benzene rings is 1. The first kappa shape index (κ1) is 15.8. The van der Waals surface area contributed by atoms with Crippen molar-refractivity contribution in [3.8, 4) is 0 Å². The number of nitrogens with one attached hydrogen (secondary N) is 1. The Morgan fingerprint density at radius 3 is 2.57 bits per heavy atom. The molecule has 21 heavy (non-hydrogen) atoms. The quantitative estimate of drug-likeness (QED) is 0.742. The first-order valence-corrected chi connectivity index (χ1v) is 8.00. The molecule has 3 heteroatoms. The molecule has 1 aromatic heterocycles. The Bertz CT molecular complexity index is 531. The van der Waals surface area contributed by atoms with Crippen LogP contribution in [0.2, 0.25) is 0 Å². The summed E-state index contributed by atoms with van der Waals surface area (Å²) < 4.78 is 2.11. The summed E-state index contributed by atoms with van der Waals surface area (Å²) in [7, 11) is 0. The lowest BCUT2D eigenvalue weighted by molar-refractivity contribution is 0.461. The van der Waals surface area contributed by atoms with Crippen molar-refractivity contribution in [1.29, 1.82) is 0 Å². The van der Waals surface area contributed by atoms with Crippen molar-refractivity contribution in [2.45, 2.75) is 52.6 Å². The Labute approximate surface area is 128 Å². The second-order valence-corrected chi connectivity index (χ2v) is 5.71. The van der Waals surface area contributed by atoms with Crippen LogP contribution in [-0.2, 0) is 6.54 Å². The normalized spacial score (nSPS) is 12.5. The summed E-state index contributed by atoms with van der Waals surface area (Å²) in [5.74, 6) is 0. The van der Waals surface area contributed by atoms with E-state index in [0.29, 0.717) is 6.04 Å². The summed E-state index contributed by atoms with van der Waals surface area (Å²) in [5.41, 5.74) is 3.75. The fourth-order valence-electron chi connectivity index (χ4n) is 2.77. The predicted octanol–water partition coefficient (Wildman–Crippen LogP) is 4.02. The molecular formula is C18H27N3. The van der Waals surface area contributed by atoms with Crippen LogP contribution in [0.5, 0.6) is 0 Å². The predicted molar refractivity (Wildman–Crippen MR) is 88.4 cm³/mol. The van der Waals surface area contributed by atoms with Gasteiger partial charge in [-0.25, -0.2) is 0 Å². The minimum Gasteiger partial charge on any atom is -0.310 e. The minimum atomic E-state index is 0.469. The zero-order valence-electron chi connectivity index (χ0n) is 13.5. The molecule has 1 unspecified atom stereocenters. The number of aryl methyl sites for hydroxylation is 3. The van der Waals surface area contributed by atoms with Gasteiger partial charge in [0.05, 0.1) is 5.69 Å². The highest BCUT2D eigenvalue weighted by Crippen LogP contribution is 2.17. The summed E-state index contributed by atoms with van der Waals surface area (Å²) in [6.45, 7) is 8.43. The van der Waals surface area contributed by atoms with E-state index in [-0.39, 0.29) is 0 Å². The van der Waals surface area contributed by atoms with Gasteiger partial charge in [0.15, 0.2) is 0 Å². The zero-order valence-corrected chi connectivity index (χ0v) is 13.5. The van der Waals surface area contributed by atoms with E-state index in [1.165, 1.54) is 24.1 Å². The summed E-state index contributed by atoms with van der Waals surface area (Å²) in [6, 6.07) is 13.4. The number of hydrogen-bond donors (Lipinski definition) is 1. The molecule has 1 heterocycles. The lowest BCUT2D eigenvalue weighted by Gasteiger charge is -2.18. The molecule has 0 radical (unpaired) electrons. The van der Waals surface area contributed by atoms with Crippen LogP contribution in [0.1, 0.15) is 49.2 Å². The second-order valence-electron chi connectivity index (χ2n) is 5.71. The smallest absolute Gasteiger partial charge is 0.0596 e. The lowest BCUT2D eigenvalue weighted by Crippen LogP contribution is -2.23. The maximum Gasteiger partial charge on any atom is 0.0596 e. The topological polar surface area (TPSA) is 29.9 Å². The van der Waals surface area contributed by atoms with Crippen molar-refractivity contribution in [3.63, 3.8) is 0 Å². The molecule has 0 aliphatic rings. The highest BCUT2D eigenvalue weighted by molar-refractivity contribution is 5.18. The Morgan fingerprint density at radius 1 is 1.19 bits per heavy atom. The Balaban J connectivity index is 1.81. The van der Waals surface area contributed by atoms with Crippen molar-refractivity contribution < 1.29 is 0 Å². The molecule has 1 atom stereocenters. The third-order valence-corrected chi connectivity index (χ3v) is 3.82. The monoisotopic (exact) mass is 285 g/mol. The van der Waals surface area contributed by atoms with Crippen LogP contribution in [0.25, 0.3) is 0 Å². The van der Waals surface area contributed by atoms with Gasteiger partial charge in [-0.2, -0.15) is 5.10 Å². The van der Waals surface area contributed by atoms with Gasteiger partial charge in [0.2, 0.25) is 0 Å². The molecule has 0 aliphatic heterocycles. The largest absolute Gasteiger partial charge is 0.310 e. The summed E-state index contributed by atoms with van der Waals surface area (Å²) in [4.78, 5) is 0. The van der Waals surface area contributed by atoms with Crippen LogP contribution in [-0.4, -0.2) is 16.3 Å². The van der Waals surface area contributed by atoms with Gasteiger partial charge in [-0.15, -0.1) is 0 Å². The molecule has 0 spiro atoms. The molecule has 0 amide bonds. The highest BCUT2D eigenvalue weighted by atomic mass is 15.3. The van der Waals surface area contributed by atoms with E-state index in [0.717, 1.165) is 25.2 Å². The van der Waals surface area contributed by atoms with Gasteiger partial charge in [0.1, 0.15) is 0 Å². The third kappa shape index (κ3) is 4.71. The lowest BCUT2D eigenvalue weighted by atomic mass is 10.0. The molecule has 0 saturated carbocycles. The Morgan fingerprint density at radius 2 is 1.95 bits per heavy atom. The van der Waals surface area contributed by atoms with Gasteiger partial charge in [0, 0.05) is 18.3 Å². The second kappa shape index (κ2) is 7.99. The van der Waals surface area contributed by atoms with E-state index in [4.69, 9.17) is 0 Å². The van der Waals surface area contributed by atoms with Gasteiger partial charge in [-0.05, 0) is 44.9 Å². The van der Waals surface area contributed by atoms with Crippen LogP contribution in [0.4, 0.5) is 0 Å². The van der Waals surface area contributed by atoms with Crippen molar-refractivity contribution in [3.05, 3.63) is 53.3 Å². The first-order valence-electron chi connectivity index (χ1n) is 8.00. The third-order valence-electron chi connectivity index (χ3n) is 3.82. The number of aromatic nitrogens is 2. The molecule has 1 N–H and O–H groups in total. The molecule has 3 nitrogen and oxygen atoms in total. The van der Waals surface area contributed by atoms with Crippen molar-refractivity contribution in [1.82, 2.24) is 15.1 Å². The SMILES string of the molecule is CCCC(NCCCn1nc(C)cc1C)c1ccccc1. The van der Waals surface area contributed by atoms with Crippen LogP contribution in [0, 0.1) is 13.8 Å². The van der Waals surface area contributed by atoms with E-state index in [9.17, 15) is 0 Å².